The summed E-state index contributed by atoms with van der Waals surface area (Å²) in [6.07, 6.45) is -0.0239. The number of amides is 2. The van der Waals surface area contributed by atoms with E-state index in [4.69, 9.17) is 9.47 Å². The number of carboxylic acid groups (broad SMARTS) is 1. The van der Waals surface area contributed by atoms with Crippen LogP contribution < -0.4 is 0 Å². The summed E-state index contributed by atoms with van der Waals surface area (Å²) in [5, 5.41) is 9.48. The molecule has 2 amide bonds. The average molecular weight is 438 g/mol. The van der Waals surface area contributed by atoms with Crippen LogP contribution in [-0.4, -0.2) is 64.2 Å². The molecule has 2 unspecified atom stereocenters. The van der Waals surface area contributed by atoms with E-state index in [0.29, 0.717) is 19.4 Å². The number of ether oxygens (including phenoxy) is 2. The minimum Gasteiger partial charge on any atom is -0.465 e. The Morgan fingerprint density at radius 2 is 1.62 bits per heavy atom. The SMILES string of the molecule is O=C(OCc1ccccc1)C(COCc1ccccc1)N1CC2(CCCN2C(=O)O)C1=O. The number of esters is 1. The van der Waals surface area contributed by atoms with Crippen LogP contribution in [0, 0.1) is 0 Å². The Kier molecular flexibility index (Phi) is 6.41. The molecule has 4 rings (SSSR count). The molecule has 0 aromatic heterocycles. The highest BCUT2D eigenvalue weighted by Crippen LogP contribution is 2.40. The molecule has 1 spiro atoms. The molecule has 8 nitrogen and oxygen atoms in total. The summed E-state index contributed by atoms with van der Waals surface area (Å²) in [5.41, 5.74) is 0.718. The zero-order valence-electron chi connectivity index (χ0n) is 17.7. The van der Waals surface area contributed by atoms with E-state index >= 15 is 0 Å². The second kappa shape index (κ2) is 9.40. The van der Waals surface area contributed by atoms with Crippen molar-refractivity contribution in [1.29, 1.82) is 0 Å². The lowest BCUT2D eigenvalue weighted by molar-refractivity contribution is -0.177. The number of likely N-dealkylation sites (tertiary alicyclic amines) is 2. The van der Waals surface area contributed by atoms with Crippen molar-refractivity contribution >= 4 is 18.0 Å². The van der Waals surface area contributed by atoms with Crippen LogP contribution in [0.3, 0.4) is 0 Å². The highest BCUT2D eigenvalue weighted by molar-refractivity contribution is 5.98. The van der Waals surface area contributed by atoms with Crippen molar-refractivity contribution in [3.8, 4) is 0 Å². The van der Waals surface area contributed by atoms with E-state index in [2.05, 4.69) is 0 Å². The van der Waals surface area contributed by atoms with Gasteiger partial charge >= 0.3 is 12.1 Å². The van der Waals surface area contributed by atoms with Gasteiger partial charge in [0.25, 0.3) is 5.91 Å². The van der Waals surface area contributed by atoms with Crippen LogP contribution in [0.4, 0.5) is 4.79 Å². The van der Waals surface area contributed by atoms with Gasteiger partial charge in [-0.15, -0.1) is 0 Å². The molecule has 8 heteroatoms. The molecule has 2 heterocycles. The number of hydrogen-bond donors (Lipinski definition) is 1. The second-order valence-corrected chi connectivity index (χ2v) is 8.11. The molecule has 0 aliphatic carbocycles. The maximum atomic E-state index is 13.1. The Morgan fingerprint density at radius 3 is 2.22 bits per heavy atom. The normalized spacial score (nSPS) is 20.8. The predicted molar refractivity (Wildman–Crippen MR) is 115 cm³/mol. The maximum absolute atomic E-state index is 13.1. The molecule has 2 fully saturated rings. The standard InChI is InChI=1S/C24H26N2O6/c27-21(32-15-19-10-5-2-6-11-19)20(16-31-14-18-8-3-1-4-9-18)25-17-24(22(25)28)12-7-13-26(24)23(29)30/h1-6,8-11,20H,7,12-17H2,(H,29,30). The number of nitrogens with zero attached hydrogens (tertiary/aromatic N) is 2. The lowest BCUT2D eigenvalue weighted by Gasteiger charge is -2.52. The molecule has 2 aliphatic heterocycles. The molecule has 2 aliphatic rings. The lowest BCUT2D eigenvalue weighted by Crippen LogP contribution is -2.76. The predicted octanol–water partition coefficient (Wildman–Crippen LogP) is 2.67. The summed E-state index contributed by atoms with van der Waals surface area (Å²) in [7, 11) is 0. The van der Waals surface area contributed by atoms with Gasteiger partial charge in [0.15, 0.2) is 6.04 Å². The van der Waals surface area contributed by atoms with Gasteiger partial charge in [-0.25, -0.2) is 9.59 Å². The van der Waals surface area contributed by atoms with Crippen LogP contribution in [-0.2, 0) is 32.3 Å². The first-order chi connectivity index (χ1) is 15.5. The van der Waals surface area contributed by atoms with E-state index in [-0.39, 0.29) is 32.3 Å². The van der Waals surface area contributed by atoms with E-state index in [1.165, 1.54) is 9.80 Å². The van der Waals surface area contributed by atoms with E-state index < -0.39 is 23.6 Å². The Balaban J connectivity index is 1.44. The quantitative estimate of drug-likeness (QED) is 0.503. The topological polar surface area (TPSA) is 96.4 Å². The van der Waals surface area contributed by atoms with Crippen molar-refractivity contribution in [1.82, 2.24) is 9.80 Å². The van der Waals surface area contributed by atoms with Gasteiger partial charge in [0.2, 0.25) is 0 Å². The Morgan fingerprint density at radius 1 is 1.00 bits per heavy atom. The van der Waals surface area contributed by atoms with Gasteiger partial charge in [0.1, 0.15) is 12.1 Å². The number of hydrogen-bond acceptors (Lipinski definition) is 5. The molecule has 0 saturated carbocycles. The van der Waals surface area contributed by atoms with Gasteiger partial charge in [-0.05, 0) is 24.0 Å². The van der Waals surface area contributed by atoms with E-state index in [9.17, 15) is 19.5 Å². The van der Waals surface area contributed by atoms with Crippen LogP contribution in [0.5, 0.6) is 0 Å². The smallest absolute Gasteiger partial charge is 0.408 e. The van der Waals surface area contributed by atoms with Crippen molar-refractivity contribution in [2.24, 2.45) is 0 Å². The van der Waals surface area contributed by atoms with E-state index in [1.807, 2.05) is 60.7 Å². The number of carbonyl (C=O) groups is 3. The lowest BCUT2D eigenvalue weighted by atomic mass is 9.84. The van der Waals surface area contributed by atoms with Crippen LogP contribution in [0.1, 0.15) is 24.0 Å². The molecule has 0 bridgehead atoms. The average Bonchev–Trinajstić information content (AvgIpc) is 3.28. The molecule has 2 atom stereocenters. The fourth-order valence-electron chi connectivity index (χ4n) is 4.37. The van der Waals surface area contributed by atoms with Crippen LogP contribution >= 0.6 is 0 Å². The Hall–Kier alpha value is -3.39. The van der Waals surface area contributed by atoms with Crippen molar-refractivity contribution in [3.05, 3.63) is 71.8 Å². The van der Waals surface area contributed by atoms with Gasteiger partial charge in [-0.1, -0.05) is 60.7 Å². The number of benzene rings is 2. The molecule has 0 radical (unpaired) electrons. The summed E-state index contributed by atoms with van der Waals surface area (Å²) in [6.45, 7) is 0.832. The number of β-lactam (4-membered cyclic amide) rings is 1. The summed E-state index contributed by atoms with van der Waals surface area (Å²) in [6, 6.07) is 17.9. The third-order valence-electron chi connectivity index (χ3n) is 6.07. The van der Waals surface area contributed by atoms with E-state index in [1.54, 1.807) is 0 Å². The van der Waals surface area contributed by atoms with Gasteiger partial charge in [-0.3, -0.25) is 9.69 Å². The summed E-state index contributed by atoms with van der Waals surface area (Å²) in [4.78, 5) is 40.2. The monoisotopic (exact) mass is 438 g/mol. The first-order valence-electron chi connectivity index (χ1n) is 10.7. The molecule has 168 valence electrons. The number of rotatable bonds is 8. The van der Waals surface area contributed by atoms with Crippen molar-refractivity contribution in [2.45, 2.75) is 37.6 Å². The molecule has 32 heavy (non-hydrogen) atoms. The molecule has 2 aromatic carbocycles. The van der Waals surface area contributed by atoms with Crippen molar-refractivity contribution in [2.75, 3.05) is 19.7 Å². The highest BCUT2D eigenvalue weighted by atomic mass is 16.5. The van der Waals surface area contributed by atoms with Gasteiger partial charge in [0.05, 0.1) is 19.8 Å². The molecular formula is C24H26N2O6. The van der Waals surface area contributed by atoms with Gasteiger partial charge in [-0.2, -0.15) is 0 Å². The summed E-state index contributed by atoms with van der Waals surface area (Å²) >= 11 is 0. The fraction of sp³-hybridized carbons (Fsp3) is 0.375. The summed E-state index contributed by atoms with van der Waals surface area (Å²) < 4.78 is 11.2. The second-order valence-electron chi connectivity index (χ2n) is 8.11. The highest BCUT2D eigenvalue weighted by Gasteiger charge is 2.62. The third kappa shape index (κ3) is 4.31. The zero-order chi connectivity index (χ0) is 22.6. The van der Waals surface area contributed by atoms with Crippen molar-refractivity contribution in [3.63, 3.8) is 0 Å². The first-order valence-corrected chi connectivity index (χ1v) is 10.7. The minimum absolute atomic E-state index is 0.0303. The molecular weight excluding hydrogens is 412 g/mol. The van der Waals surface area contributed by atoms with Crippen LogP contribution in [0.2, 0.25) is 0 Å². The Bertz CT molecular complexity index is 967. The van der Waals surface area contributed by atoms with Crippen molar-refractivity contribution < 1.29 is 29.0 Å². The minimum atomic E-state index is -1.11. The zero-order valence-corrected chi connectivity index (χ0v) is 17.7. The maximum Gasteiger partial charge on any atom is 0.408 e. The van der Waals surface area contributed by atoms with Crippen LogP contribution in [0.15, 0.2) is 60.7 Å². The largest absolute Gasteiger partial charge is 0.465 e. The third-order valence-corrected chi connectivity index (χ3v) is 6.07. The fourth-order valence-corrected chi connectivity index (χ4v) is 4.37. The molecule has 2 aromatic rings. The van der Waals surface area contributed by atoms with Crippen LogP contribution in [0.25, 0.3) is 0 Å². The van der Waals surface area contributed by atoms with E-state index in [0.717, 1.165) is 11.1 Å². The first kappa shape index (κ1) is 21.8. The van der Waals surface area contributed by atoms with Gasteiger partial charge < -0.3 is 19.5 Å². The van der Waals surface area contributed by atoms with Gasteiger partial charge in [0, 0.05) is 6.54 Å². The molecule has 2 saturated heterocycles. The Labute approximate surface area is 186 Å². The molecule has 1 N–H and O–H groups in total. The summed E-state index contributed by atoms with van der Waals surface area (Å²) in [5.74, 6) is -0.924. The number of carbonyl (C=O) groups excluding carboxylic acids is 2.